The molecule has 0 unspecified atom stereocenters. The number of aromatic amines is 1. The quantitative estimate of drug-likeness (QED) is 0.0461. The molecule has 2 aliphatic heterocycles. The van der Waals surface area contributed by atoms with Crippen molar-refractivity contribution in [2.75, 3.05) is 13.1 Å². The summed E-state index contributed by atoms with van der Waals surface area (Å²) < 4.78 is 0. The van der Waals surface area contributed by atoms with Crippen molar-refractivity contribution in [1.29, 1.82) is 0 Å². The third kappa shape index (κ3) is 14.7. The minimum Gasteiger partial charge on any atom is -0.480 e. The lowest BCUT2D eigenvalue weighted by Crippen LogP contribution is -2.62. The van der Waals surface area contributed by atoms with Crippen molar-refractivity contribution in [1.82, 2.24) is 46.4 Å². The van der Waals surface area contributed by atoms with Crippen LogP contribution in [0.15, 0.2) is 12.5 Å². The molecular formula is C39H62N12O13. The van der Waals surface area contributed by atoms with E-state index in [0.29, 0.717) is 18.5 Å². The van der Waals surface area contributed by atoms with E-state index in [-0.39, 0.29) is 51.1 Å². The van der Waals surface area contributed by atoms with Gasteiger partial charge in [-0.1, -0.05) is 13.8 Å². The molecule has 0 bridgehead atoms. The van der Waals surface area contributed by atoms with E-state index in [2.05, 4.69) is 36.6 Å². The number of rotatable bonds is 24. The number of hydrogen-bond donors (Lipinski definition) is 12. The molecule has 64 heavy (non-hydrogen) atoms. The first-order chi connectivity index (χ1) is 30.0. The molecule has 0 aliphatic carbocycles. The molecule has 2 aliphatic rings. The van der Waals surface area contributed by atoms with E-state index >= 15 is 0 Å². The fraction of sp³-hybridized carbons (Fsp3) is 0.667. The standard InChI is InChI=1S/C39H62N12O13/c1-18(2)29(42)35(59)49-31(20(4)53)38(62)51-14-6-8-26(51)37(61)50-13-5-7-25(50)34(58)48-30(19(3)52)36(60)45-22(9-11-27(40)54)32(56)47-24(15-21-16-43-17-44-21)33(57)46-23(39(63)64)10-12-28(41)55/h16-20,22-26,29-31,52-53H,5-15,42H2,1-4H3,(H2,40,54)(H2,41,55)(H,43,44)(H,45,60)(H,46,57)(H,47,56)(H,48,58)(H,49,59)(H,63,64)/t19-,20-,22+,23+,24+,25+,26+,29+,30+,31+/m1/s1. The number of imidazole rings is 1. The Hall–Kier alpha value is -6.21. The van der Waals surface area contributed by atoms with Gasteiger partial charge in [0.2, 0.25) is 53.2 Å². The monoisotopic (exact) mass is 906 g/mol. The second kappa shape index (κ2) is 24.0. The summed E-state index contributed by atoms with van der Waals surface area (Å²) in [5.41, 5.74) is 16.7. The van der Waals surface area contributed by atoms with Crippen molar-refractivity contribution in [2.45, 2.75) is 146 Å². The Bertz CT molecular complexity index is 1860. The molecule has 0 saturated carbocycles. The highest BCUT2D eigenvalue weighted by Crippen LogP contribution is 2.26. The highest BCUT2D eigenvalue weighted by atomic mass is 16.4. The molecule has 0 aromatic carbocycles. The van der Waals surface area contributed by atoms with Crippen LogP contribution in [-0.4, -0.2) is 168 Å². The average molecular weight is 907 g/mol. The minimum absolute atomic E-state index is 0.0990. The lowest BCUT2D eigenvalue weighted by atomic mass is 10.0. The van der Waals surface area contributed by atoms with Gasteiger partial charge in [0, 0.05) is 44.2 Å². The maximum Gasteiger partial charge on any atom is 0.326 e. The van der Waals surface area contributed by atoms with E-state index in [0.717, 1.165) is 0 Å². The number of carboxylic acids is 1. The lowest BCUT2D eigenvalue weighted by Gasteiger charge is -2.34. The SMILES string of the molecule is CC(C)[C@H](N)C(=O)N[C@H](C(=O)N1CCC[C@H]1C(=O)N1CCC[C@H]1C(=O)N[C@H](C(=O)N[C@@H](CCC(N)=O)C(=O)N[C@@H](Cc1cnc[nH]1)C(=O)N[C@@H](CCC(N)=O)C(=O)O)[C@@H](C)O)[C@@H](C)O. The van der Waals surface area contributed by atoms with Crippen LogP contribution in [0.3, 0.4) is 0 Å². The summed E-state index contributed by atoms with van der Waals surface area (Å²) in [5, 5.41) is 42.8. The third-order valence-corrected chi connectivity index (χ3v) is 11.0. The lowest BCUT2D eigenvalue weighted by molar-refractivity contribution is -0.149. The molecule has 25 nitrogen and oxygen atoms in total. The molecule has 0 radical (unpaired) electrons. The Labute approximate surface area is 368 Å². The maximum absolute atomic E-state index is 14.1. The Balaban J connectivity index is 1.79. The number of likely N-dealkylation sites (tertiary alicyclic amines) is 2. The van der Waals surface area contributed by atoms with Crippen molar-refractivity contribution in [3.05, 3.63) is 18.2 Å². The van der Waals surface area contributed by atoms with Gasteiger partial charge < -0.3 is 73.9 Å². The fourth-order valence-corrected chi connectivity index (χ4v) is 7.29. The summed E-state index contributed by atoms with van der Waals surface area (Å²) >= 11 is 0. The zero-order chi connectivity index (χ0) is 48.0. The van der Waals surface area contributed by atoms with Gasteiger partial charge in [0.1, 0.15) is 42.3 Å². The molecule has 9 amide bonds. The summed E-state index contributed by atoms with van der Waals surface area (Å²) in [6.07, 6.45) is -1.09. The average Bonchev–Trinajstić information content (AvgIpc) is 4.03. The van der Waals surface area contributed by atoms with Crippen molar-refractivity contribution < 1.29 is 63.3 Å². The van der Waals surface area contributed by atoms with Gasteiger partial charge in [-0.3, -0.25) is 43.2 Å². The third-order valence-electron chi connectivity index (χ3n) is 11.0. The van der Waals surface area contributed by atoms with E-state index in [1.807, 2.05) is 0 Å². The predicted octanol–water partition coefficient (Wildman–Crippen LogP) is -5.28. The molecule has 3 heterocycles. The van der Waals surface area contributed by atoms with Crippen LogP contribution >= 0.6 is 0 Å². The van der Waals surface area contributed by atoms with Gasteiger partial charge in [-0.2, -0.15) is 0 Å². The second-order valence-corrected chi connectivity index (χ2v) is 16.4. The van der Waals surface area contributed by atoms with Crippen LogP contribution in [0.25, 0.3) is 0 Å². The van der Waals surface area contributed by atoms with Crippen LogP contribution < -0.4 is 43.8 Å². The molecule has 1 aromatic heterocycles. The molecular weight excluding hydrogens is 844 g/mol. The van der Waals surface area contributed by atoms with Crippen molar-refractivity contribution >= 4 is 59.1 Å². The number of nitrogens with one attached hydrogen (secondary N) is 6. The largest absolute Gasteiger partial charge is 0.480 e. The Morgan fingerprint density at radius 1 is 0.719 bits per heavy atom. The molecule has 15 N–H and O–H groups in total. The first kappa shape index (κ1) is 52.1. The van der Waals surface area contributed by atoms with E-state index in [1.165, 1.54) is 36.2 Å². The molecule has 0 spiro atoms. The van der Waals surface area contributed by atoms with E-state index in [4.69, 9.17) is 17.2 Å². The van der Waals surface area contributed by atoms with Crippen LogP contribution in [0, 0.1) is 5.92 Å². The highest BCUT2D eigenvalue weighted by Gasteiger charge is 2.45. The van der Waals surface area contributed by atoms with Gasteiger partial charge in [0.15, 0.2) is 0 Å². The minimum atomic E-state index is -1.74. The Morgan fingerprint density at radius 3 is 1.78 bits per heavy atom. The number of H-pyrrole nitrogens is 1. The summed E-state index contributed by atoms with van der Waals surface area (Å²) in [6.45, 7) is 6.14. The Morgan fingerprint density at radius 2 is 1.25 bits per heavy atom. The van der Waals surface area contributed by atoms with E-state index in [1.54, 1.807) is 13.8 Å². The second-order valence-electron chi connectivity index (χ2n) is 16.4. The molecule has 25 heteroatoms. The topological polar surface area (TPSA) is 405 Å². The van der Waals surface area contributed by atoms with Crippen molar-refractivity contribution in [3.63, 3.8) is 0 Å². The number of aromatic nitrogens is 2. The van der Waals surface area contributed by atoms with E-state index < -0.39 is 133 Å². The maximum atomic E-state index is 14.1. The number of carbonyl (C=O) groups is 10. The normalized spacial score (nSPS) is 19.8. The molecule has 356 valence electrons. The van der Waals surface area contributed by atoms with Gasteiger partial charge in [-0.15, -0.1) is 0 Å². The molecule has 3 rings (SSSR count). The number of carboxylic acid groups (broad SMARTS) is 1. The van der Waals surface area contributed by atoms with Gasteiger partial charge >= 0.3 is 5.97 Å². The fourth-order valence-electron chi connectivity index (χ4n) is 7.29. The number of hydrogen-bond acceptors (Lipinski definition) is 14. The summed E-state index contributed by atoms with van der Waals surface area (Å²) in [7, 11) is 0. The zero-order valence-electron chi connectivity index (χ0n) is 36.3. The number of aliphatic carboxylic acids is 1. The van der Waals surface area contributed by atoms with Crippen molar-refractivity contribution in [3.8, 4) is 0 Å². The van der Waals surface area contributed by atoms with Crippen LogP contribution in [-0.2, 0) is 54.4 Å². The van der Waals surface area contributed by atoms with Gasteiger partial charge in [0.25, 0.3) is 0 Å². The summed E-state index contributed by atoms with van der Waals surface area (Å²) in [5.74, 6) is -9.41. The van der Waals surface area contributed by atoms with Gasteiger partial charge in [0.05, 0.1) is 24.6 Å². The number of aliphatic hydroxyl groups excluding tert-OH is 2. The van der Waals surface area contributed by atoms with Crippen LogP contribution in [0.4, 0.5) is 0 Å². The van der Waals surface area contributed by atoms with E-state index in [9.17, 15) is 63.3 Å². The first-order valence-electron chi connectivity index (χ1n) is 21.0. The number of carbonyl (C=O) groups excluding carboxylic acids is 9. The highest BCUT2D eigenvalue weighted by molar-refractivity contribution is 5.98. The smallest absolute Gasteiger partial charge is 0.326 e. The van der Waals surface area contributed by atoms with Gasteiger partial charge in [-0.25, -0.2) is 9.78 Å². The molecule has 1 aromatic rings. The number of primary amides is 2. The Kier molecular flexibility index (Phi) is 19.6. The zero-order valence-corrected chi connectivity index (χ0v) is 36.3. The molecule has 2 fully saturated rings. The number of nitrogens with zero attached hydrogens (tertiary/aromatic N) is 3. The first-order valence-corrected chi connectivity index (χ1v) is 21.0. The number of amides is 9. The predicted molar refractivity (Wildman–Crippen MR) is 222 cm³/mol. The summed E-state index contributed by atoms with van der Waals surface area (Å²) in [6, 6.07) is -11.0. The molecule has 2 saturated heterocycles. The number of nitrogens with two attached hydrogens (primary N) is 3. The summed E-state index contributed by atoms with van der Waals surface area (Å²) in [4.78, 5) is 139. The van der Waals surface area contributed by atoms with Gasteiger partial charge in [-0.05, 0) is 58.3 Å². The van der Waals surface area contributed by atoms with Crippen LogP contribution in [0.2, 0.25) is 0 Å². The molecule has 10 atom stereocenters. The number of aliphatic hydroxyl groups is 2. The van der Waals surface area contributed by atoms with Crippen molar-refractivity contribution in [2.24, 2.45) is 23.1 Å². The van der Waals surface area contributed by atoms with Crippen LogP contribution in [0.5, 0.6) is 0 Å². The van der Waals surface area contributed by atoms with Crippen LogP contribution in [0.1, 0.15) is 84.8 Å².